The fraction of sp³-hybridized carbons (Fsp3) is 0.320. The summed E-state index contributed by atoms with van der Waals surface area (Å²) >= 11 is 24.5. The molecule has 0 aliphatic carbocycles. The summed E-state index contributed by atoms with van der Waals surface area (Å²) in [6.45, 7) is 3.08. The molecule has 1 aliphatic rings. The molecule has 9 nitrogen and oxygen atoms in total. The smallest absolute Gasteiger partial charge is 0.338 e. The number of hydrogen-bond acceptors (Lipinski definition) is 7. The molecule has 38 heavy (non-hydrogen) atoms. The van der Waals surface area contributed by atoms with Crippen molar-refractivity contribution >= 4 is 81.8 Å². The van der Waals surface area contributed by atoms with E-state index in [0.29, 0.717) is 29.0 Å². The molecule has 1 heterocycles. The van der Waals surface area contributed by atoms with Gasteiger partial charge in [0.05, 0.1) is 43.4 Å². The molecule has 0 saturated heterocycles. The van der Waals surface area contributed by atoms with E-state index in [1.165, 1.54) is 24.3 Å². The van der Waals surface area contributed by atoms with Gasteiger partial charge in [0.25, 0.3) is 17.7 Å². The number of rotatable bonds is 10. The highest BCUT2D eigenvalue weighted by atomic mass is 35.5. The van der Waals surface area contributed by atoms with E-state index in [4.69, 9.17) is 55.9 Å². The number of esters is 2. The van der Waals surface area contributed by atoms with Gasteiger partial charge < -0.3 is 14.8 Å². The van der Waals surface area contributed by atoms with Crippen molar-refractivity contribution < 1.29 is 33.4 Å². The van der Waals surface area contributed by atoms with Gasteiger partial charge in [-0.2, -0.15) is 0 Å². The zero-order chi connectivity index (χ0) is 28.1. The number of nitrogens with zero attached hydrogens (tertiary/aromatic N) is 1. The van der Waals surface area contributed by atoms with E-state index >= 15 is 0 Å². The van der Waals surface area contributed by atoms with Crippen LogP contribution in [0.25, 0.3) is 0 Å². The Hall–Kier alpha value is -2.85. The van der Waals surface area contributed by atoms with Crippen molar-refractivity contribution in [2.75, 3.05) is 18.5 Å². The number of carbonyl (C=O) groups is 5. The van der Waals surface area contributed by atoms with Gasteiger partial charge in [0, 0.05) is 5.69 Å². The number of carbonyl (C=O) groups excluding carboxylic acids is 5. The van der Waals surface area contributed by atoms with Gasteiger partial charge in [-0.1, -0.05) is 66.2 Å². The third-order valence-electron chi connectivity index (χ3n) is 5.57. The summed E-state index contributed by atoms with van der Waals surface area (Å²) in [5.41, 5.74) is 0.141. The molecule has 2 aromatic carbocycles. The topological polar surface area (TPSA) is 119 Å². The highest BCUT2D eigenvalue weighted by Gasteiger charge is 2.47. The van der Waals surface area contributed by atoms with Gasteiger partial charge in [-0.15, -0.1) is 0 Å². The van der Waals surface area contributed by atoms with Crippen molar-refractivity contribution in [2.45, 2.75) is 39.2 Å². The Morgan fingerprint density at radius 3 is 1.92 bits per heavy atom. The van der Waals surface area contributed by atoms with E-state index in [1.54, 1.807) is 6.92 Å². The van der Waals surface area contributed by atoms with E-state index in [0.717, 1.165) is 0 Å². The van der Waals surface area contributed by atoms with Crippen molar-refractivity contribution in [3.05, 3.63) is 61.0 Å². The number of amides is 3. The molecule has 1 aliphatic heterocycles. The Kier molecular flexibility index (Phi) is 10.0. The number of imide groups is 1. The predicted molar refractivity (Wildman–Crippen MR) is 142 cm³/mol. The van der Waals surface area contributed by atoms with Crippen LogP contribution in [-0.4, -0.2) is 53.8 Å². The number of nitrogens with one attached hydrogen (secondary N) is 1. The van der Waals surface area contributed by atoms with Gasteiger partial charge in [-0.25, -0.2) is 9.59 Å². The minimum Gasteiger partial charge on any atom is -0.462 e. The molecule has 0 bridgehead atoms. The number of ether oxygens (including phenoxy) is 2. The molecular weight excluding hydrogens is 582 g/mol. The monoisotopic (exact) mass is 602 g/mol. The highest BCUT2D eigenvalue weighted by Crippen LogP contribution is 2.45. The third-order valence-corrected chi connectivity index (χ3v) is 7.37. The van der Waals surface area contributed by atoms with Crippen LogP contribution < -0.4 is 5.32 Å². The molecular formula is C25H22Cl4N2O7. The summed E-state index contributed by atoms with van der Waals surface area (Å²) in [5.74, 6) is -3.90. The van der Waals surface area contributed by atoms with Crippen LogP contribution in [-0.2, 0) is 19.1 Å². The maximum atomic E-state index is 13.2. The van der Waals surface area contributed by atoms with Crippen molar-refractivity contribution in [3.8, 4) is 0 Å². The largest absolute Gasteiger partial charge is 0.462 e. The number of fused-ring (bicyclic) bond motifs is 1. The summed E-state index contributed by atoms with van der Waals surface area (Å²) in [7, 11) is 0. The molecule has 2 aromatic rings. The van der Waals surface area contributed by atoms with Crippen molar-refractivity contribution in [2.24, 2.45) is 0 Å². The molecule has 0 fully saturated rings. The molecule has 0 unspecified atom stereocenters. The van der Waals surface area contributed by atoms with E-state index in [9.17, 15) is 24.0 Å². The Morgan fingerprint density at radius 2 is 1.42 bits per heavy atom. The second kappa shape index (κ2) is 12.8. The SMILES string of the molecule is CCCC[C@H](C(=O)OCC(=O)Nc1ccc(C(=O)OCC)cc1)N1C(=O)c2c(Cl)c(Cl)c(Cl)c(Cl)c2C1=O. The van der Waals surface area contributed by atoms with E-state index in [1.807, 2.05) is 6.92 Å². The standard InChI is InChI=1S/C25H22Cl4N2O7/c1-3-5-6-14(31-22(33)16-17(23(31)34)19(27)21(29)20(28)18(16)26)25(36)38-11-15(32)30-13-9-7-12(8-10-13)24(35)37-4-2/h7-10,14H,3-6,11H2,1-2H3,(H,30,32)/t14-/m1/s1. The van der Waals surface area contributed by atoms with Crippen LogP contribution in [0.4, 0.5) is 5.69 Å². The minimum absolute atomic E-state index is 0.0778. The quantitative estimate of drug-likeness (QED) is 0.157. The average molecular weight is 604 g/mol. The first-order valence-electron chi connectivity index (χ1n) is 11.5. The lowest BCUT2D eigenvalue weighted by atomic mass is 10.1. The number of anilines is 1. The molecule has 3 rings (SSSR count). The summed E-state index contributed by atoms with van der Waals surface area (Å²) in [6.07, 6.45) is 1.19. The van der Waals surface area contributed by atoms with Crippen LogP contribution in [0, 0.1) is 0 Å². The number of halogens is 4. The summed E-state index contributed by atoms with van der Waals surface area (Å²) in [5, 5.41) is 1.62. The molecule has 0 spiro atoms. The van der Waals surface area contributed by atoms with Gasteiger partial charge in [-0.3, -0.25) is 19.3 Å². The van der Waals surface area contributed by atoms with Gasteiger partial charge >= 0.3 is 11.9 Å². The first-order valence-corrected chi connectivity index (χ1v) is 13.0. The second-order valence-corrected chi connectivity index (χ2v) is 9.61. The summed E-state index contributed by atoms with van der Waals surface area (Å²) in [6, 6.07) is 4.56. The van der Waals surface area contributed by atoms with Crippen LogP contribution in [0.1, 0.15) is 64.2 Å². The van der Waals surface area contributed by atoms with Gasteiger partial charge in [0.2, 0.25) is 0 Å². The van der Waals surface area contributed by atoms with Crippen LogP contribution in [0.15, 0.2) is 24.3 Å². The van der Waals surface area contributed by atoms with Gasteiger partial charge in [0.1, 0.15) is 6.04 Å². The fourth-order valence-corrected chi connectivity index (χ4v) is 4.75. The van der Waals surface area contributed by atoms with Crippen LogP contribution in [0.3, 0.4) is 0 Å². The molecule has 3 amide bonds. The van der Waals surface area contributed by atoms with Crippen LogP contribution in [0.5, 0.6) is 0 Å². The van der Waals surface area contributed by atoms with Gasteiger partial charge in [-0.05, 0) is 37.6 Å². The molecule has 1 N–H and O–H groups in total. The molecule has 1 atom stereocenters. The Labute approximate surface area is 238 Å². The molecule has 0 saturated carbocycles. The third kappa shape index (κ3) is 6.07. The lowest BCUT2D eigenvalue weighted by Crippen LogP contribution is -2.46. The number of unbranched alkanes of at least 4 members (excludes halogenated alkanes) is 1. The van der Waals surface area contributed by atoms with Crippen molar-refractivity contribution in [1.29, 1.82) is 0 Å². The maximum absolute atomic E-state index is 13.2. The molecule has 0 radical (unpaired) electrons. The maximum Gasteiger partial charge on any atom is 0.338 e. The zero-order valence-corrected chi connectivity index (χ0v) is 23.3. The summed E-state index contributed by atoms with van der Waals surface area (Å²) in [4.78, 5) is 64.2. The average Bonchev–Trinajstić information content (AvgIpc) is 3.15. The van der Waals surface area contributed by atoms with E-state index < -0.39 is 42.3 Å². The Balaban J connectivity index is 1.73. The number of hydrogen-bond donors (Lipinski definition) is 1. The minimum atomic E-state index is -1.34. The van der Waals surface area contributed by atoms with Crippen molar-refractivity contribution in [1.82, 2.24) is 4.90 Å². The molecule has 0 aromatic heterocycles. The lowest BCUT2D eigenvalue weighted by molar-refractivity contribution is -0.151. The fourth-order valence-electron chi connectivity index (χ4n) is 3.73. The number of benzene rings is 2. The predicted octanol–water partition coefficient (Wildman–Crippen LogP) is 5.81. The molecule has 13 heteroatoms. The van der Waals surface area contributed by atoms with E-state index in [2.05, 4.69) is 5.32 Å². The molecule has 202 valence electrons. The Bertz CT molecular complexity index is 1250. The van der Waals surface area contributed by atoms with Crippen LogP contribution >= 0.6 is 46.4 Å². The summed E-state index contributed by atoms with van der Waals surface area (Å²) < 4.78 is 10.1. The normalized spacial score (nSPS) is 13.3. The van der Waals surface area contributed by atoms with E-state index in [-0.39, 0.29) is 44.2 Å². The zero-order valence-electron chi connectivity index (χ0n) is 20.2. The van der Waals surface area contributed by atoms with Crippen LogP contribution in [0.2, 0.25) is 20.1 Å². The lowest BCUT2D eigenvalue weighted by Gasteiger charge is -2.24. The Morgan fingerprint density at radius 1 is 0.868 bits per heavy atom. The van der Waals surface area contributed by atoms with Crippen molar-refractivity contribution in [3.63, 3.8) is 0 Å². The highest BCUT2D eigenvalue weighted by molar-refractivity contribution is 6.55. The first kappa shape index (κ1) is 29.7. The second-order valence-electron chi connectivity index (χ2n) is 8.10. The van der Waals surface area contributed by atoms with Gasteiger partial charge in [0.15, 0.2) is 6.61 Å². The first-order chi connectivity index (χ1) is 18.0.